The van der Waals surface area contributed by atoms with Gasteiger partial charge in [-0.2, -0.15) is 0 Å². The van der Waals surface area contributed by atoms with E-state index in [0.29, 0.717) is 0 Å². The molecule has 1 fully saturated rings. The first-order valence-electron chi connectivity index (χ1n) is 5.80. The van der Waals surface area contributed by atoms with Crippen LogP contribution in [0.3, 0.4) is 0 Å². The van der Waals surface area contributed by atoms with Gasteiger partial charge in [0, 0.05) is 5.69 Å². The molecule has 3 N–H and O–H groups in total. The van der Waals surface area contributed by atoms with E-state index in [-0.39, 0.29) is 23.9 Å². The van der Waals surface area contributed by atoms with Crippen molar-refractivity contribution >= 4 is 29.3 Å². The molecule has 6 nitrogen and oxygen atoms in total. The van der Waals surface area contributed by atoms with Gasteiger partial charge in [0.05, 0.1) is 24.3 Å². The largest absolute Gasteiger partial charge is 0.481 e. The number of hydrogen-bond donors (Lipinski definition) is 3. The lowest BCUT2D eigenvalue weighted by molar-refractivity contribution is -0.142. The monoisotopic (exact) mass is 302 g/mol. The molecule has 1 aliphatic rings. The van der Waals surface area contributed by atoms with E-state index in [0.717, 1.165) is 6.07 Å². The zero-order chi connectivity index (χ0) is 14.7. The maximum Gasteiger partial charge on any atom is 0.319 e. The highest BCUT2D eigenvalue weighted by Crippen LogP contribution is 2.19. The Labute approximate surface area is 118 Å². The van der Waals surface area contributed by atoms with Crippen LogP contribution in [0.25, 0.3) is 0 Å². The van der Waals surface area contributed by atoms with Crippen LogP contribution in [0.2, 0.25) is 5.02 Å². The van der Waals surface area contributed by atoms with Crippen molar-refractivity contribution in [2.24, 2.45) is 5.92 Å². The highest BCUT2D eigenvalue weighted by molar-refractivity contribution is 6.30. The number of carboxylic acid groups (broad SMARTS) is 1. The normalized spacial score (nSPS) is 21.5. The van der Waals surface area contributed by atoms with Crippen LogP contribution in [-0.2, 0) is 9.53 Å². The number of carbonyl (C=O) groups excluding carboxylic acids is 1. The second-order valence-electron chi connectivity index (χ2n) is 4.32. The molecule has 1 aromatic rings. The molecule has 8 heteroatoms. The molecule has 2 rings (SSSR count). The van der Waals surface area contributed by atoms with Crippen molar-refractivity contribution < 1.29 is 23.8 Å². The topological polar surface area (TPSA) is 87.7 Å². The molecule has 0 bridgehead atoms. The Bertz CT molecular complexity index is 540. The van der Waals surface area contributed by atoms with Crippen LogP contribution < -0.4 is 10.6 Å². The fraction of sp³-hybridized carbons (Fsp3) is 0.333. The minimum atomic E-state index is -1.04. The van der Waals surface area contributed by atoms with Gasteiger partial charge in [0.1, 0.15) is 11.7 Å². The molecule has 1 heterocycles. The number of benzene rings is 1. The molecule has 0 spiro atoms. The maximum absolute atomic E-state index is 13.2. The average Bonchev–Trinajstić information content (AvgIpc) is 2.82. The number of carboxylic acids is 1. The van der Waals surface area contributed by atoms with Crippen molar-refractivity contribution in [1.82, 2.24) is 5.32 Å². The van der Waals surface area contributed by atoms with Crippen LogP contribution in [0, 0.1) is 11.7 Å². The van der Waals surface area contributed by atoms with Crippen LogP contribution in [0.5, 0.6) is 0 Å². The number of carbonyl (C=O) groups is 2. The number of hydrogen-bond acceptors (Lipinski definition) is 3. The second kappa shape index (κ2) is 6.06. The standard InChI is InChI=1S/C12H12ClFN2O4/c13-8-2-1-6(3-9(8)14)15-12(19)16-10-5-20-4-7(10)11(17)18/h1-3,7,10H,4-5H2,(H,17,18)(H2,15,16,19). The predicted molar refractivity (Wildman–Crippen MR) is 69.3 cm³/mol. The first-order chi connectivity index (χ1) is 9.47. The van der Waals surface area contributed by atoms with Crippen molar-refractivity contribution in [3.8, 4) is 0 Å². The van der Waals surface area contributed by atoms with E-state index in [2.05, 4.69) is 10.6 Å². The van der Waals surface area contributed by atoms with Gasteiger partial charge < -0.3 is 20.5 Å². The Morgan fingerprint density at radius 3 is 2.80 bits per heavy atom. The van der Waals surface area contributed by atoms with Crippen molar-refractivity contribution in [2.45, 2.75) is 6.04 Å². The number of ether oxygens (including phenoxy) is 1. The molecule has 2 unspecified atom stereocenters. The summed E-state index contributed by atoms with van der Waals surface area (Å²) >= 11 is 5.52. The fourth-order valence-corrected chi connectivity index (χ4v) is 1.97. The van der Waals surface area contributed by atoms with Crippen LogP contribution in [0.15, 0.2) is 18.2 Å². The Balaban J connectivity index is 1.95. The second-order valence-corrected chi connectivity index (χ2v) is 4.72. The smallest absolute Gasteiger partial charge is 0.319 e. The Hall–Kier alpha value is -1.86. The van der Waals surface area contributed by atoms with Gasteiger partial charge in [-0.1, -0.05) is 11.6 Å². The number of nitrogens with one attached hydrogen (secondary N) is 2. The molecule has 0 radical (unpaired) electrons. The van der Waals surface area contributed by atoms with E-state index in [1.54, 1.807) is 0 Å². The predicted octanol–water partition coefficient (Wildman–Crippen LogP) is 1.70. The SMILES string of the molecule is O=C(Nc1ccc(Cl)c(F)c1)NC1COCC1C(=O)O. The fourth-order valence-electron chi connectivity index (χ4n) is 1.85. The van der Waals surface area contributed by atoms with Gasteiger partial charge in [0.25, 0.3) is 0 Å². The highest BCUT2D eigenvalue weighted by atomic mass is 35.5. The van der Waals surface area contributed by atoms with Gasteiger partial charge in [-0.05, 0) is 18.2 Å². The Morgan fingerprint density at radius 2 is 2.15 bits per heavy atom. The van der Waals surface area contributed by atoms with Crippen molar-refractivity contribution in [1.29, 1.82) is 0 Å². The van der Waals surface area contributed by atoms with Gasteiger partial charge in [0.2, 0.25) is 0 Å². The van der Waals surface area contributed by atoms with Crippen molar-refractivity contribution in [3.63, 3.8) is 0 Å². The molecule has 108 valence electrons. The molecular formula is C12H12ClFN2O4. The molecule has 20 heavy (non-hydrogen) atoms. The van der Waals surface area contributed by atoms with Crippen molar-refractivity contribution in [3.05, 3.63) is 29.0 Å². The third-order valence-corrected chi connectivity index (χ3v) is 3.20. The summed E-state index contributed by atoms with van der Waals surface area (Å²) in [6.45, 7) is 0.176. The summed E-state index contributed by atoms with van der Waals surface area (Å²) in [5, 5.41) is 13.8. The molecule has 2 amide bonds. The minimum Gasteiger partial charge on any atom is -0.481 e. The van der Waals surface area contributed by atoms with Gasteiger partial charge >= 0.3 is 12.0 Å². The molecule has 0 aromatic heterocycles. The molecule has 1 aromatic carbocycles. The average molecular weight is 303 g/mol. The van der Waals surface area contributed by atoms with Gasteiger partial charge in [-0.25, -0.2) is 9.18 Å². The van der Waals surface area contributed by atoms with Crippen LogP contribution >= 0.6 is 11.6 Å². The number of halogens is 2. The summed E-state index contributed by atoms with van der Waals surface area (Å²) < 4.78 is 18.2. The number of urea groups is 1. The summed E-state index contributed by atoms with van der Waals surface area (Å²) in [5.74, 6) is -2.48. The molecule has 2 atom stereocenters. The molecule has 1 saturated heterocycles. The van der Waals surface area contributed by atoms with Gasteiger partial charge in [-0.15, -0.1) is 0 Å². The van der Waals surface area contributed by atoms with Crippen LogP contribution in [0.4, 0.5) is 14.9 Å². The zero-order valence-electron chi connectivity index (χ0n) is 10.2. The van der Waals surface area contributed by atoms with Gasteiger partial charge in [0.15, 0.2) is 0 Å². The van der Waals surface area contributed by atoms with E-state index in [9.17, 15) is 14.0 Å². The third kappa shape index (κ3) is 3.37. The maximum atomic E-state index is 13.2. The third-order valence-electron chi connectivity index (χ3n) is 2.89. The first-order valence-corrected chi connectivity index (χ1v) is 6.18. The van der Waals surface area contributed by atoms with E-state index in [1.807, 2.05) is 0 Å². The van der Waals surface area contributed by atoms with Crippen LogP contribution in [0.1, 0.15) is 0 Å². The summed E-state index contributed by atoms with van der Waals surface area (Å²) in [6, 6.07) is 2.57. The zero-order valence-corrected chi connectivity index (χ0v) is 11.0. The lowest BCUT2D eigenvalue weighted by Gasteiger charge is -2.16. The number of rotatable bonds is 3. The Kier molecular flexibility index (Phi) is 4.41. The van der Waals surface area contributed by atoms with E-state index < -0.39 is 29.8 Å². The van der Waals surface area contributed by atoms with Gasteiger partial charge in [-0.3, -0.25) is 4.79 Å². The summed E-state index contributed by atoms with van der Waals surface area (Å²) in [7, 11) is 0. The lowest BCUT2D eigenvalue weighted by Crippen LogP contribution is -2.44. The van der Waals surface area contributed by atoms with E-state index in [1.165, 1.54) is 12.1 Å². The minimum absolute atomic E-state index is 0.0499. The number of anilines is 1. The van der Waals surface area contributed by atoms with Crippen molar-refractivity contribution in [2.75, 3.05) is 18.5 Å². The lowest BCUT2D eigenvalue weighted by atomic mass is 10.0. The van der Waals surface area contributed by atoms with E-state index >= 15 is 0 Å². The summed E-state index contributed by atoms with van der Waals surface area (Å²) in [4.78, 5) is 22.6. The molecular weight excluding hydrogens is 291 g/mol. The quantitative estimate of drug-likeness (QED) is 0.793. The number of amides is 2. The molecule has 1 aliphatic heterocycles. The summed E-state index contributed by atoms with van der Waals surface area (Å²) in [6.07, 6.45) is 0. The van der Waals surface area contributed by atoms with E-state index in [4.69, 9.17) is 21.4 Å². The Morgan fingerprint density at radius 1 is 1.40 bits per heavy atom. The first kappa shape index (κ1) is 14.5. The highest BCUT2D eigenvalue weighted by Gasteiger charge is 2.35. The number of aliphatic carboxylic acids is 1. The van der Waals surface area contributed by atoms with Crippen LogP contribution in [-0.4, -0.2) is 36.4 Å². The molecule has 0 saturated carbocycles. The summed E-state index contributed by atoms with van der Waals surface area (Å²) in [5.41, 5.74) is 0.218. The molecule has 0 aliphatic carbocycles.